The van der Waals surface area contributed by atoms with Gasteiger partial charge in [0.15, 0.2) is 11.5 Å². The van der Waals surface area contributed by atoms with Crippen molar-refractivity contribution in [3.05, 3.63) is 92.5 Å². The number of rotatable bonds is 9. The number of ketones is 1. The zero-order chi connectivity index (χ0) is 28.3. The van der Waals surface area contributed by atoms with Crippen molar-refractivity contribution < 1.29 is 24.2 Å². The van der Waals surface area contributed by atoms with Crippen LogP contribution < -0.4 is 14.4 Å². The van der Waals surface area contributed by atoms with Crippen molar-refractivity contribution in [3.63, 3.8) is 0 Å². The van der Waals surface area contributed by atoms with Crippen LogP contribution in [0.3, 0.4) is 0 Å². The highest BCUT2D eigenvalue weighted by Gasteiger charge is 2.47. The van der Waals surface area contributed by atoms with E-state index in [1.807, 2.05) is 55.5 Å². The maximum Gasteiger partial charge on any atom is 0.300 e. The highest BCUT2D eigenvalue weighted by molar-refractivity contribution is 6.52. The number of halogens is 2. The lowest BCUT2D eigenvalue weighted by atomic mass is 9.94. The van der Waals surface area contributed by atoms with Gasteiger partial charge in [0.2, 0.25) is 0 Å². The van der Waals surface area contributed by atoms with Gasteiger partial charge in [-0.3, -0.25) is 14.5 Å². The average Bonchev–Trinajstić information content (AvgIpc) is 3.21. The monoisotopic (exact) mass is 567 g/mol. The number of unbranched alkanes of at least 4 members (excludes halogenated alkanes) is 1. The van der Waals surface area contributed by atoms with E-state index in [-0.39, 0.29) is 32.7 Å². The number of amides is 1. The molecule has 1 N–H and O–H groups in total. The molecule has 4 rings (SSSR count). The molecule has 1 saturated heterocycles. The first-order valence-electron chi connectivity index (χ1n) is 12.9. The number of nitrogens with zero attached hydrogens (tertiary/aromatic N) is 1. The van der Waals surface area contributed by atoms with Gasteiger partial charge in [0.05, 0.1) is 36.4 Å². The summed E-state index contributed by atoms with van der Waals surface area (Å²) in [4.78, 5) is 28.5. The summed E-state index contributed by atoms with van der Waals surface area (Å²) in [6.45, 7) is 4.18. The van der Waals surface area contributed by atoms with Gasteiger partial charge in [0.25, 0.3) is 11.7 Å². The Hall–Kier alpha value is -3.48. The number of methoxy groups -OCH3 is 2. The van der Waals surface area contributed by atoms with Gasteiger partial charge >= 0.3 is 0 Å². The summed E-state index contributed by atoms with van der Waals surface area (Å²) in [6.07, 6.45) is 3.89. The molecule has 3 aromatic carbocycles. The van der Waals surface area contributed by atoms with Crippen LogP contribution in [0.1, 0.15) is 55.0 Å². The summed E-state index contributed by atoms with van der Waals surface area (Å²) in [6, 6.07) is 15.8. The fourth-order valence-corrected chi connectivity index (χ4v) is 5.53. The Balaban J connectivity index is 1.93. The smallest absolute Gasteiger partial charge is 0.300 e. The number of carbonyl (C=O) groups is 2. The molecule has 204 valence electrons. The van der Waals surface area contributed by atoms with Crippen molar-refractivity contribution in [2.45, 2.75) is 45.6 Å². The SMILES string of the molecule is CCCCc1ccc(N2C(=O)C(=O)/C(=C(/O)c3cc(Cl)c(OC)c(Cl)c3OC)C2c2ccc(CC)cc2)cc1. The Morgan fingerprint density at radius 1 is 0.923 bits per heavy atom. The number of ether oxygens (including phenoxy) is 2. The van der Waals surface area contributed by atoms with Crippen LogP contribution in [-0.2, 0) is 22.4 Å². The zero-order valence-electron chi connectivity index (χ0n) is 22.4. The third-order valence-corrected chi connectivity index (χ3v) is 7.60. The van der Waals surface area contributed by atoms with Gasteiger partial charge in [-0.05, 0) is 54.2 Å². The van der Waals surface area contributed by atoms with Gasteiger partial charge < -0.3 is 14.6 Å². The summed E-state index contributed by atoms with van der Waals surface area (Å²) in [7, 11) is 2.79. The molecule has 6 nitrogen and oxygen atoms in total. The maximum absolute atomic E-state index is 13.6. The van der Waals surface area contributed by atoms with Crippen LogP contribution in [0.25, 0.3) is 5.76 Å². The Morgan fingerprint density at radius 2 is 1.54 bits per heavy atom. The van der Waals surface area contributed by atoms with Crippen molar-refractivity contribution >= 4 is 46.3 Å². The van der Waals surface area contributed by atoms with Crippen LogP contribution in [0.15, 0.2) is 60.2 Å². The van der Waals surface area contributed by atoms with E-state index in [9.17, 15) is 14.7 Å². The van der Waals surface area contributed by atoms with Gasteiger partial charge in [-0.1, -0.05) is 79.9 Å². The second-order valence-electron chi connectivity index (χ2n) is 9.32. The highest BCUT2D eigenvalue weighted by atomic mass is 35.5. The number of aliphatic hydroxyl groups excluding tert-OH is 1. The van der Waals surface area contributed by atoms with E-state index in [0.29, 0.717) is 11.3 Å². The molecule has 1 atom stereocenters. The van der Waals surface area contributed by atoms with E-state index in [1.54, 1.807) is 0 Å². The van der Waals surface area contributed by atoms with E-state index in [2.05, 4.69) is 6.92 Å². The summed E-state index contributed by atoms with van der Waals surface area (Å²) >= 11 is 12.8. The Kier molecular flexibility index (Phi) is 8.88. The van der Waals surface area contributed by atoms with Crippen LogP contribution in [0.4, 0.5) is 5.69 Å². The number of Topliss-reactive ketones (excluding diaryl/α,β-unsaturated/α-hetero) is 1. The van der Waals surface area contributed by atoms with Gasteiger partial charge in [-0.2, -0.15) is 0 Å². The van der Waals surface area contributed by atoms with Crippen molar-refractivity contribution in [2.75, 3.05) is 19.1 Å². The third kappa shape index (κ3) is 5.36. The quantitative estimate of drug-likeness (QED) is 0.164. The topological polar surface area (TPSA) is 76.1 Å². The number of carbonyl (C=O) groups excluding carboxylic acids is 2. The summed E-state index contributed by atoms with van der Waals surface area (Å²) in [5.74, 6) is -1.77. The minimum Gasteiger partial charge on any atom is -0.507 e. The molecule has 0 aliphatic carbocycles. The first kappa shape index (κ1) is 28.5. The molecule has 1 heterocycles. The number of aliphatic hydroxyl groups is 1. The summed E-state index contributed by atoms with van der Waals surface area (Å²) in [5, 5.41) is 11.8. The molecule has 0 saturated carbocycles. The highest BCUT2D eigenvalue weighted by Crippen LogP contribution is 2.48. The number of hydrogen-bond donors (Lipinski definition) is 1. The molecular weight excluding hydrogens is 537 g/mol. The molecular formula is C31H31Cl2NO5. The Bertz CT molecular complexity index is 1410. The lowest BCUT2D eigenvalue weighted by molar-refractivity contribution is -0.132. The predicted octanol–water partition coefficient (Wildman–Crippen LogP) is 7.54. The summed E-state index contributed by atoms with van der Waals surface area (Å²) < 4.78 is 10.7. The fourth-order valence-electron chi connectivity index (χ4n) is 4.85. The molecule has 1 aliphatic heterocycles. The molecule has 0 radical (unpaired) electrons. The standard InChI is InChI=1S/C31H31Cl2NO5/c1-5-7-8-19-11-15-21(16-12-19)34-26(20-13-9-18(6-2)10-14-20)24(28(36)31(34)37)27(35)22-17-23(32)30(39-4)25(33)29(22)38-3/h9-17,26,35H,5-8H2,1-4H3/b27-24+. The Morgan fingerprint density at radius 3 is 2.10 bits per heavy atom. The van der Waals surface area contributed by atoms with Crippen LogP contribution in [0, 0.1) is 0 Å². The molecule has 1 fully saturated rings. The summed E-state index contributed by atoms with van der Waals surface area (Å²) in [5.41, 5.74) is 3.47. The number of hydrogen-bond acceptors (Lipinski definition) is 5. The second kappa shape index (κ2) is 12.1. The first-order chi connectivity index (χ1) is 18.8. The lowest BCUT2D eigenvalue weighted by Gasteiger charge is -2.26. The molecule has 1 unspecified atom stereocenters. The first-order valence-corrected chi connectivity index (χ1v) is 13.6. The number of aryl methyl sites for hydroxylation is 2. The predicted molar refractivity (Wildman–Crippen MR) is 155 cm³/mol. The minimum atomic E-state index is -0.887. The Labute approximate surface area is 238 Å². The molecule has 0 spiro atoms. The molecule has 39 heavy (non-hydrogen) atoms. The van der Waals surface area contributed by atoms with Gasteiger partial charge in [0.1, 0.15) is 10.8 Å². The average molecular weight is 568 g/mol. The number of anilines is 1. The second-order valence-corrected chi connectivity index (χ2v) is 10.1. The minimum absolute atomic E-state index is 0.0368. The molecule has 3 aromatic rings. The van der Waals surface area contributed by atoms with E-state index in [0.717, 1.165) is 36.8 Å². The van der Waals surface area contributed by atoms with Crippen molar-refractivity contribution in [2.24, 2.45) is 0 Å². The van der Waals surface area contributed by atoms with Crippen molar-refractivity contribution in [1.29, 1.82) is 0 Å². The van der Waals surface area contributed by atoms with Gasteiger partial charge in [-0.25, -0.2) is 0 Å². The van der Waals surface area contributed by atoms with E-state index in [4.69, 9.17) is 32.7 Å². The fraction of sp³-hybridized carbons (Fsp3) is 0.290. The maximum atomic E-state index is 13.6. The molecule has 8 heteroatoms. The van der Waals surface area contributed by atoms with Crippen LogP contribution in [0.2, 0.25) is 10.0 Å². The van der Waals surface area contributed by atoms with Crippen LogP contribution >= 0.6 is 23.2 Å². The molecule has 1 aliphatic rings. The molecule has 0 bridgehead atoms. The van der Waals surface area contributed by atoms with E-state index < -0.39 is 23.5 Å². The van der Waals surface area contributed by atoms with Gasteiger partial charge in [0, 0.05) is 5.69 Å². The van der Waals surface area contributed by atoms with Crippen LogP contribution in [0.5, 0.6) is 11.5 Å². The van der Waals surface area contributed by atoms with Crippen molar-refractivity contribution in [3.8, 4) is 11.5 Å². The third-order valence-electron chi connectivity index (χ3n) is 6.98. The van der Waals surface area contributed by atoms with Crippen LogP contribution in [-0.4, -0.2) is 31.0 Å². The van der Waals surface area contributed by atoms with E-state index in [1.165, 1.54) is 25.2 Å². The van der Waals surface area contributed by atoms with Crippen molar-refractivity contribution in [1.82, 2.24) is 0 Å². The normalized spacial score (nSPS) is 16.6. The number of benzene rings is 3. The van der Waals surface area contributed by atoms with E-state index >= 15 is 0 Å². The molecule has 0 aromatic heterocycles. The van der Waals surface area contributed by atoms with Gasteiger partial charge in [-0.15, -0.1) is 0 Å². The molecule has 1 amide bonds. The lowest BCUT2D eigenvalue weighted by Crippen LogP contribution is -2.29. The zero-order valence-corrected chi connectivity index (χ0v) is 23.9. The largest absolute Gasteiger partial charge is 0.507 e.